The van der Waals surface area contributed by atoms with Gasteiger partial charge in [-0.3, -0.25) is 9.69 Å². The molecule has 1 saturated heterocycles. The first-order chi connectivity index (χ1) is 10.2. The summed E-state index contributed by atoms with van der Waals surface area (Å²) in [6.07, 6.45) is 0.543. The molecular formula is C15H17BrN2OS2. The molecular weight excluding hydrogens is 368 g/mol. The molecule has 21 heavy (non-hydrogen) atoms. The number of thiophene rings is 2. The van der Waals surface area contributed by atoms with Gasteiger partial charge in [0, 0.05) is 37.6 Å². The van der Waals surface area contributed by atoms with E-state index in [4.69, 9.17) is 0 Å². The minimum absolute atomic E-state index is 0.256. The second-order valence-corrected chi connectivity index (χ2v) is 8.50. The number of nitrogens with zero attached hydrogens (tertiary/aromatic N) is 2. The van der Waals surface area contributed by atoms with E-state index in [0.717, 1.165) is 38.3 Å². The highest BCUT2D eigenvalue weighted by atomic mass is 79.9. The number of rotatable bonds is 4. The van der Waals surface area contributed by atoms with Crippen LogP contribution in [0, 0.1) is 0 Å². The average Bonchev–Trinajstić information content (AvgIpc) is 3.12. The largest absolute Gasteiger partial charge is 0.340 e. The van der Waals surface area contributed by atoms with Crippen molar-refractivity contribution < 1.29 is 4.79 Å². The molecule has 2 aromatic heterocycles. The molecule has 0 spiro atoms. The summed E-state index contributed by atoms with van der Waals surface area (Å²) in [5.74, 6) is 0.256. The van der Waals surface area contributed by atoms with E-state index in [2.05, 4.69) is 38.3 Å². The van der Waals surface area contributed by atoms with Crippen molar-refractivity contribution in [2.24, 2.45) is 0 Å². The second kappa shape index (κ2) is 7.05. The molecule has 0 radical (unpaired) electrons. The molecule has 1 aliphatic heterocycles. The molecule has 112 valence electrons. The monoisotopic (exact) mass is 384 g/mol. The number of amides is 1. The van der Waals surface area contributed by atoms with Gasteiger partial charge in [0.1, 0.15) is 0 Å². The fourth-order valence-electron chi connectivity index (χ4n) is 2.49. The highest BCUT2D eigenvalue weighted by Gasteiger charge is 2.21. The van der Waals surface area contributed by atoms with Gasteiger partial charge in [0.05, 0.1) is 10.2 Å². The van der Waals surface area contributed by atoms with Gasteiger partial charge in [-0.25, -0.2) is 0 Å². The SMILES string of the molecule is O=C(Cc1ccsc1)N1CCN(Cc2ccc(Br)s2)CC1. The first kappa shape index (κ1) is 15.2. The van der Waals surface area contributed by atoms with Crippen molar-refractivity contribution in [2.45, 2.75) is 13.0 Å². The van der Waals surface area contributed by atoms with Crippen LogP contribution in [0.15, 0.2) is 32.7 Å². The van der Waals surface area contributed by atoms with E-state index in [0.29, 0.717) is 6.42 Å². The molecule has 0 atom stereocenters. The number of hydrogen-bond acceptors (Lipinski definition) is 4. The molecule has 0 saturated carbocycles. The number of hydrogen-bond donors (Lipinski definition) is 0. The topological polar surface area (TPSA) is 23.6 Å². The van der Waals surface area contributed by atoms with Crippen LogP contribution in [-0.2, 0) is 17.8 Å². The first-order valence-corrected chi connectivity index (χ1v) is 9.51. The predicted octanol–water partition coefficient (Wildman–Crippen LogP) is 3.46. The Morgan fingerprint density at radius 1 is 1.19 bits per heavy atom. The maximum Gasteiger partial charge on any atom is 0.227 e. The van der Waals surface area contributed by atoms with Gasteiger partial charge < -0.3 is 4.90 Å². The summed E-state index contributed by atoms with van der Waals surface area (Å²) in [5.41, 5.74) is 1.14. The number of carbonyl (C=O) groups excluding carboxylic acids is 1. The molecule has 1 amide bonds. The molecule has 1 aliphatic rings. The zero-order valence-corrected chi connectivity index (χ0v) is 14.8. The molecule has 0 aliphatic carbocycles. The zero-order chi connectivity index (χ0) is 14.7. The second-order valence-electron chi connectivity index (χ2n) is 5.17. The summed E-state index contributed by atoms with van der Waals surface area (Å²) in [6.45, 7) is 4.60. The van der Waals surface area contributed by atoms with Crippen LogP contribution in [0.4, 0.5) is 0 Å². The van der Waals surface area contributed by atoms with E-state index in [1.165, 1.54) is 8.66 Å². The summed E-state index contributed by atoms with van der Waals surface area (Å²) in [5, 5.41) is 4.09. The Morgan fingerprint density at radius 2 is 2.00 bits per heavy atom. The van der Waals surface area contributed by atoms with Crippen LogP contribution in [0.25, 0.3) is 0 Å². The number of halogens is 1. The van der Waals surface area contributed by atoms with Crippen molar-refractivity contribution in [1.82, 2.24) is 9.80 Å². The van der Waals surface area contributed by atoms with Gasteiger partial charge in [0.25, 0.3) is 0 Å². The summed E-state index contributed by atoms with van der Waals surface area (Å²) in [4.78, 5) is 18.0. The van der Waals surface area contributed by atoms with Crippen LogP contribution in [-0.4, -0.2) is 41.9 Å². The standard InChI is InChI=1S/C15H17BrN2OS2/c16-14-2-1-13(21-14)10-17-4-6-18(7-5-17)15(19)9-12-3-8-20-11-12/h1-3,8,11H,4-7,9-10H2. The van der Waals surface area contributed by atoms with E-state index in [9.17, 15) is 4.79 Å². The first-order valence-electron chi connectivity index (χ1n) is 6.96. The van der Waals surface area contributed by atoms with E-state index < -0.39 is 0 Å². The van der Waals surface area contributed by atoms with Gasteiger partial charge >= 0.3 is 0 Å². The molecule has 0 aromatic carbocycles. The fourth-order valence-corrected chi connectivity index (χ4v) is 4.69. The summed E-state index contributed by atoms with van der Waals surface area (Å²) in [7, 11) is 0. The van der Waals surface area contributed by atoms with Crippen molar-refractivity contribution in [3.63, 3.8) is 0 Å². The highest BCUT2D eigenvalue weighted by molar-refractivity contribution is 9.11. The summed E-state index contributed by atoms with van der Waals surface area (Å²) in [6, 6.07) is 6.30. The minimum Gasteiger partial charge on any atom is -0.340 e. The lowest BCUT2D eigenvalue weighted by atomic mass is 10.2. The average molecular weight is 385 g/mol. The number of carbonyl (C=O) groups is 1. The molecule has 0 bridgehead atoms. The maximum atomic E-state index is 12.2. The quantitative estimate of drug-likeness (QED) is 0.805. The van der Waals surface area contributed by atoms with Crippen LogP contribution < -0.4 is 0 Å². The van der Waals surface area contributed by atoms with Gasteiger partial charge in [-0.2, -0.15) is 11.3 Å². The van der Waals surface area contributed by atoms with Crippen LogP contribution in [0.5, 0.6) is 0 Å². The molecule has 0 unspecified atom stereocenters. The molecule has 6 heteroatoms. The van der Waals surface area contributed by atoms with Crippen molar-refractivity contribution >= 4 is 44.5 Å². The third-order valence-electron chi connectivity index (χ3n) is 3.67. The lowest BCUT2D eigenvalue weighted by molar-refractivity contribution is -0.132. The Bertz CT molecular complexity index is 589. The lowest BCUT2D eigenvalue weighted by Crippen LogP contribution is -2.48. The van der Waals surface area contributed by atoms with Crippen LogP contribution in [0.3, 0.4) is 0 Å². The highest BCUT2D eigenvalue weighted by Crippen LogP contribution is 2.23. The van der Waals surface area contributed by atoms with Crippen LogP contribution in [0.1, 0.15) is 10.4 Å². The van der Waals surface area contributed by atoms with Gasteiger partial charge in [-0.15, -0.1) is 11.3 Å². The Hall–Kier alpha value is -0.690. The Morgan fingerprint density at radius 3 is 2.62 bits per heavy atom. The Kier molecular flexibility index (Phi) is 5.11. The van der Waals surface area contributed by atoms with E-state index in [1.807, 2.05) is 16.3 Å². The fraction of sp³-hybridized carbons (Fsp3) is 0.400. The van der Waals surface area contributed by atoms with Crippen LogP contribution >= 0.6 is 38.6 Å². The van der Waals surface area contributed by atoms with Gasteiger partial charge in [0.2, 0.25) is 5.91 Å². The molecule has 3 rings (SSSR count). The third-order valence-corrected chi connectivity index (χ3v) is 6.01. The van der Waals surface area contributed by atoms with Crippen molar-refractivity contribution in [1.29, 1.82) is 0 Å². The van der Waals surface area contributed by atoms with E-state index in [-0.39, 0.29) is 5.91 Å². The Labute approximate surface area is 141 Å². The van der Waals surface area contributed by atoms with Crippen molar-refractivity contribution in [2.75, 3.05) is 26.2 Å². The third kappa shape index (κ3) is 4.16. The van der Waals surface area contributed by atoms with E-state index >= 15 is 0 Å². The van der Waals surface area contributed by atoms with Gasteiger partial charge in [-0.05, 0) is 50.5 Å². The summed E-state index contributed by atoms with van der Waals surface area (Å²) < 4.78 is 1.18. The number of piperazine rings is 1. The zero-order valence-electron chi connectivity index (χ0n) is 11.6. The predicted molar refractivity (Wildman–Crippen MR) is 91.9 cm³/mol. The minimum atomic E-state index is 0.256. The lowest BCUT2D eigenvalue weighted by Gasteiger charge is -2.34. The smallest absolute Gasteiger partial charge is 0.227 e. The molecule has 0 N–H and O–H groups in total. The molecule has 1 fully saturated rings. The van der Waals surface area contributed by atoms with E-state index in [1.54, 1.807) is 22.7 Å². The van der Waals surface area contributed by atoms with Gasteiger partial charge in [0.15, 0.2) is 0 Å². The maximum absolute atomic E-state index is 12.2. The van der Waals surface area contributed by atoms with Crippen LogP contribution in [0.2, 0.25) is 0 Å². The normalized spacial score (nSPS) is 16.3. The van der Waals surface area contributed by atoms with Crippen molar-refractivity contribution in [3.8, 4) is 0 Å². The summed E-state index contributed by atoms with van der Waals surface area (Å²) >= 11 is 6.94. The van der Waals surface area contributed by atoms with Crippen molar-refractivity contribution in [3.05, 3.63) is 43.2 Å². The molecule has 2 aromatic rings. The van der Waals surface area contributed by atoms with Gasteiger partial charge in [-0.1, -0.05) is 0 Å². The Balaban J connectivity index is 1.47. The molecule has 3 nitrogen and oxygen atoms in total. The molecule has 3 heterocycles.